The smallest absolute Gasteiger partial charge is 0.243 e. The number of fused-ring (bicyclic) bond motifs is 2. The lowest BCUT2D eigenvalue weighted by atomic mass is 10.0. The number of nitrogens with zero attached hydrogens (tertiary/aromatic N) is 3. The SMILES string of the molecule is C=C1CN(S(=O)(=O)c2ccc(C)cc2)CCc2cc(CC(C)C)cc(n2)CCN(S(=O)(=O)c2ccc(C)cc2)C1. The van der Waals surface area contributed by atoms with Gasteiger partial charge in [-0.25, -0.2) is 16.8 Å². The van der Waals surface area contributed by atoms with Gasteiger partial charge in [-0.2, -0.15) is 8.61 Å². The zero-order chi connectivity index (χ0) is 29.1. The highest BCUT2D eigenvalue weighted by Crippen LogP contribution is 2.23. The molecule has 0 amide bonds. The van der Waals surface area contributed by atoms with Crippen molar-refractivity contribution >= 4 is 20.0 Å². The summed E-state index contributed by atoms with van der Waals surface area (Å²) in [7, 11) is -7.71. The van der Waals surface area contributed by atoms with Crippen LogP contribution in [0.3, 0.4) is 0 Å². The third-order valence-electron chi connectivity index (χ3n) is 6.99. The second-order valence-corrected chi connectivity index (χ2v) is 15.0. The van der Waals surface area contributed by atoms with Gasteiger partial charge in [0, 0.05) is 50.4 Å². The summed E-state index contributed by atoms with van der Waals surface area (Å²) in [4.78, 5) is 5.23. The maximum absolute atomic E-state index is 13.8. The van der Waals surface area contributed by atoms with Gasteiger partial charge in [0.2, 0.25) is 20.0 Å². The molecule has 0 aliphatic carbocycles. The van der Waals surface area contributed by atoms with E-state index in [-0.39, 0.29) is 36.0 Å². The third kappa shape index (κ3) is 7.26. The van der Waals surface area contributed by atoms with E-state index in [9.17, 15) is 16.8 Å². The van der Waals surface area contributed by atoms with Crippen LogP contribution < -0.4 is 0 Å². The van der Waals surface area contributed by atoms with Gasteiger partial charge in [-0.3, -0.25) is 4.98 Å². The molecule has 9 heteroatoms. The number of rotatable bonds is 6. The predicted molar refractivity (Wildman–Crippen MR) is 159 cm³/mol. The quantitative estimate of drug-likeness (QED) is 0.385. The Kier molecular flexibility index (Phi) is 9.29. The number of aromatic nitrogens is 1. The largest absolute Gasteiger partial charge is 0.258 e. The lowest BCUT2D eigenvalue weighted by Gasteiger charge is -2.28. The van der Waals surface area contributed by atoms with Crippen molar-refractivity contribution in [2.45, 2.75) is 56.7 Å². The average Bonchev–Trinajstić information content (AvgIpc) is 2.88. The van der Waals surface area contributed by atoms with Crippen molar-refractivity contribution < 1.29 is 16.8 Å². The van der Waals surface area contributed by atoms with E-state index in [1.807, 2.05) is 26.0 Å². The highest BCUT2D eigenvalue weighted by molar-refractivity contribution is 7.89. The van der Waals surface area contributed by atoms with E-state index in [4.69, 9.17) is 4.98 Å². The Morgan fingerprint density at radius 3 is 1.52 bits per heavy atom. The molecule has 214 valence electrons. The van der Waals surface area contributed by atoms with Crippen LogP contribution in [0.25, 0.3) is 0 Å². The van der Waals surface area contributed by atoms with Gasteiger partial charge < -0.3 is 0 Å². The van der Waals surface area contributed by atoms with Crippen molar-refractivity contribution in [3.05, 3.63) is 101 Å². The van der Waals surface area contributed by atoms with Gasteiger partial charge in [0.25, 0.3) is 0 Å². The number of hydrogen-bond donors (Lipinski definition) is 0. The van der Waals surface area contributed by atoms with E-state index in [1.165, 1.54) is 8.61 Å². The third-order valence-corrected chi connectivity index (χ3v) is 10.7. The molecule has 0 saturated heterocycles. The Hall–Kier alpha value is -2.85. The van der Waals surface area contributed by atoms with Crippen LogP contribution in [0.4, 0.5) is 0 Å². The monoisotopic (exact) mass is 581 g/mol. The van der Waals surface area contributed by atoms with Gasteiger partial charge in [-0.15, -0.1) is 0 Å². The Balaban J connectivity index is 1.75. The molecule has 0 spiro atoms. The molecule has 40 heavy (non-hydrogen) atoms. The van der Waals surface area contributed by atoms with E-state index in [0.717, 1.165) is 34.5 Å². The Labute approximate surface area is 239 Å². The number of sulfonamides is 2. The van der Waals surface area contributed by atoms with Crippen molar-refractivity contribution in [2.24, 2.45) is 5.92 Å². The second-order valence-electron chi connectivity index (χ2n) is 11.1. The zero-order valence-electron chi connectivity index (χ0n) is 23.8. The zero-order valence-corrected chi connectivity index (χ0v) is 25.4. The summed E-state index contributed by atoms with van der Waals surface area (Å²) in [5.74, 6) is 0.433. The van der Waals surface area contributed by atoms with E-state index in [1.54, 1.807) is 48.5 Å². The molecule has 2 bridgehead atoms. The van der Waals surface area contributed by atoms with Crippen LogP contribution in [0.15, 0.2) is 82.6 Å². The van der Waals surface area contributed by atoms with Crippen molar-refractivity contribution in [3.63, 3.8) is 0 Å². The fourth-order valence-corrected chi connectivity index (χ4v) is 7.80. The van der Waals surface area contributed by atoms with E-state index in [2.05, 4.69) is 20.4 Å². The fraction of sp³-hybridized carbons (Fsp3) is 0.387. The molecular weight excluding hydrogens is 542 g/mol. The van der Waals surface area contributed by atoms with Gasteiger partial charge in [0.15, 0.2) is 0 Å². The van der Waals surface area contributed by atoms with Crippen LogP contribution >= 0.6 is 0 Å². The van der Waals surface area contributed by atoms with Crippen LogP contribution in [0.5, 0.6) is 0 Å². The molecule has 0 unspecified atom stereocenters. The standard InChI is InChI=1S/C31H39N3O4S2/c1-23(2)18-27-19-28-14-16-33(39(35,36)30-10-6-24(3)7-11-30)21-26(5)22-34(17-15-29(20-27)32-28)40(37,38)31-12-8-25(4)9-13-31/h6-13,19-20,23H,5,14-18,21-22H2,1-4H3. The molecule has 0 N–H and O–H groups in total. The minimum Gasteiger partial charge on any atom is -0.258 e. The van der Waals surface area contributed by atoms with Gasteiger partial charge in [-0.1, -0.05) is 55.8 Å². The van der Waals surface area contributed by atoms with Gasteiger partial charge in [-0.05, 0) is 73.7 Å². The molecule has 2 heterocycles. The fourth-order valence-electron chi connectivity index (χ4n) is 4.88. The van der Waals surface area contributed by atoms with Crippen LogP contribution in [-0.4, -0.2) is 56.6 Å². The molecule has 0 radical (unpaired) electrons. The molecule has 4 rings (SSSR count). The Morgan fingerprint density at radius 1 is 0.750 bits per heavy atom. The normalized spacial score (nSPS) is 16.5. The minimum atomic E-state index is -3.86. The molecule has 1 aliphatic heterocycles. The van der Waals surface area contributed by atoms with E-state index >= 15 is 0 Å². The Morgan fingerprint density at radius 2 is 1.15 bits per heavy atom. The Bertz CT molecular complexity index is 1450. The first-order chi connectivity index (χ1) is 18.8. The van der Waals surface area contributed by atoms with Crippen LogP contribution in [0.1, 0.15) is 41.9 Å². The summed E-state index contributed by atoms with van der Waals surface area (Å²) in [6, 6.07) is 17.6. The lowest BCUT2D eigenvalue weighted by molar-refractivity contribution is 0.401. The average molecular weight is 582 g/mol. The molecule has 2 aromatic carbocycles. The molecule has 3 aromatic rings. The molecule has 1 aromatic heterocycles. The maximum Gasteiger partial charge on any atom is 0.243 e. The van der Waals surface area contributed by atoms with Crippen molar-refractivity contribution in [3.8, 4) is 0 Å². The van der Waals surface area contributed by atoms with Gasteiger partial charge in [0.1, 0.15) is 0 Å². The van der Waals surface area contributed by atoms with Crippen LogP contribution in [0.2, 0.25) is 0 Å². The molecule has 0 fully saturated rings. The second kappa shape index (κ2) is 12.3. The summed E-state index contributed by atoms with van der Waals surface area (Å²) in [5.41, 5.74) is 5.16. The summed E-state index contributed by atoms with van der Waals surface area (Å²) in [5, 5.41) is 0. The lowest BCUT2D eigenvalue weighted by Crippen LogP contribution is -2.40. The summed E-state index contributed by atoms with van der Waals surface area (Å²) in [6.07, 6.45) is 1.75. The topological polar surface area (TPSA) is 87.7 Å². The molecular formula is C31H39N3O4S2. The van der Waals surface area contributed by atoms with Crippen LogP contribution in [0, 0.1) is 19.8 Å². The molecule has 0 saturated carbocycles. The first-order valence-electron chi connectivity index (χ1n) is 13.6. The highest BCUT2D eigenvalue weighted by atomic mass is 32.2. The summed E-state index contributed by atoms with van der Waals surface area (Å²) >= 11 is 0. The predicted octanol–water partition coefficient (Wildman–Crippen LogP) is 4.93. The first kappa shape index (κ1) is 30.1. The number of hydrogen-bond acceptors (Lipinski definition) is 5. The maximum atomic E-state index is 13.8. The summed E-state index contributed by atoms with van der Waals surface area (Å²) < 4.78 is 57.8. The first-order valence-corrected chi connectivity index (χ1v) is 16.5. The number of benzene rings is 2. The van der Waals surface area contributed by atoms with Crippen molar-refractivity contribution in [1.82, 2.24) is 13.6 Å². The van der Waals surface area contributed by atoms with Gasteiger partial charge in [0.05, 0.1) is 9.79 Å². The van der Waals surface area contributed by atoms with E-state index < -0.39 is 20.0 Å². The van der Waals surface area contributed by atoms with E-state index in [0.29, 0.717) is 24.3 Å². The molecule has 1 aliphatic rings. The van der Waals surface area contributed by atoms with Gasteiger partial charge >= 0.3 is 0 Å². The number of aryl methyl sites for hydroxylation is 2. The minimum absolute atomic E-state index is 0.00860. The molecule has 0 atom stereocenters. The van der Waals surface area contributed by atoms with Crippen molar-refractivity contribution in [2.75, 3.05) is 26.2 Å². The summed E-state index contributed by atoms with van der Waals surface area (Å²) in [6.45, 7) is 12.7. The highest BCUT2D eigenvalue weighted by Gasteiger charge is 2.29. The van der Waals surface area contributed by atoms with Crippen molar-refractivity contribution in [1.29, 1.82) is 0 Å². The number of pyridine rings is 1. The molecule has 7 nitrogen and oxygen atoms in total. The van der Waals surface area contributed by atoms with Crippen LogP contribution in [-0.2, 0) is 39.3 Å².